The van der Waals surface area contributed by atoms with Crippen molar-refractivity contribution in [3.05, 3.63) is 35.3 Å². The highest BCUT2D eigenvalue weighted by Crippen LogP contribution is 2.21. The zero-order chi connectivity index (χ0) is 14.8. The van der Waals surface area contributed by atoms with Crippen LogP contribution in [0.2, 0.25) is 0 Å². The van der Waals surface area contributed by atoms with E-state index >= 15 is 0 Å². The molecule has 1 aliphatic rings. The highest BCUT2D eigenvalue weighted by atomic mass is 19.1. The van der Waals surface area contributed by atoms with Crippen molar-refractivity contribution in [3.8, 4) is 5.82 Å². The van der Waals surface area contributed by atoms with Crippen LogP contribution in [0.5, 0.6) is 0 Å². The molecule has 2 heterocycles. The maximum absolute atomic E-state index is 14.7. The normalized spacial score (nSPS) is 14.6. The second-order valence-electron chi connectivity index (χ2n) is 5.33. The van der Waals surface area contributed by atoms with Gasteiger partial charge in [-0.25, -0.2) is 14.4 Å². The van der Waals surface area contributed by atoms with Gasteiger partial charge in [0.05, 0.1) is 0 Å². The van der Waals surface area contributed by atoms with Gasteiger partial charge in [-0.05, 0) is 18.9 Å². The molecule has 1 aliphatic carbocycles. The van der Waals surface area contributed by atoms with Gasteiger partial charge in [-0.1, -0.05) is 13.8 Å². The molecular weight excluding hydrogens is 269 g/mol. The van der Waals surface area contributed by atoms with E-state index in [9.17, 15) is 4.39 Å². The standard InChI is InChI=1S/C15H20FN5/c1-3-12-19-13(4-2)21(20-12)15-14(16)10(7-8-17-15)9-18-11-5-6-11/h7-8,11,18H,3-6,9H2,1-2H3. The molecule has 1 fully saturated rings. The van der Waals surface area contributed by atoms with Crippen LogP contribution in [0.3, 0.4) is 0 Å². The zero-order valence-electron chi connectivity index (χ0n) is 12.4. The van der Waals surface area contributed by atoms with Crippen molar-refractivity contribution in [1.82, 2.24) is 25.1 Å². The number of hydrogen-bond donors (Lipinski definition) is 1. The number of halogens is 1. The smallest absolute Gasteiger partial charge is 0.191 e. The van der Waals surface area contributed by atoms with Gasteiger partial charge < -0.3 is 5.32 Å². The minimum Gasteiger partial charge on any atom is -0.310 e. The summed E-state index contributed by atoms with van der Waals surface area (Å²) < 4.78 is 16.2. The lowest BCUT2D eigenvalue weighted by Crippen LogP contribution is -2.18. The SMILES string of the molecule is CCc1nc(CC)n(-c2nccc(CNC3CC3)c2F)n1. The lowest BCUT2D eigenvalue weighted by Gasteiger charge is -2.09. The molecule has 0 aliphatic heterocycles. The second kappa shape index (κ2) is 5.89. The molecule has 0 atom stereocenters. The third-order valence-corrected chi connectivity index (χ3v) is 3.66. The van der Waals surface area contributed by atoms with E-state index in [1.54, 1.807) is 12.3 Å². The van der Waals surface area contributed by atoms with E-state index in [0.29, 0.717) is 24.6 Å². The van der Waals surface area contributed by atoms with Crippen molar-refractivity contribution in [1.29, 1.82) is 0 Å². The fraction of sp³-hybridized carbons (Fsp3) is 0.533. The van der Waals surface area contributed by atoms with Gasteiger partial charge in [0.25, 0.3) is 0 Å². The van der Waals surface area contributed by atoms with E-state index in [2.05, 4.69) is 20.4 Å². The average molecular weight is 289 g/mol. The maximum Gasteiger partial charge on any atom is 0.191 e. The van der Waals surface area contributed by atoms with Gasteiger partial charge >= 0.3 is 0 Å². The van der Waals surface area contributed by atoms with Gasteiger partial charge in [0, 0.05) is 37.2 Å². The quantitative estimate of drug-likeness (QED) is 0.885. The predicted molar refractivity (Wildman–Crippen MR) is 77.7 cm³/mol. The molecule has 1 N–H and O–H groups in total. The first kappa shape index (κ1) is 14.1. The van der Waals surface area contributed by atoms with E-state index in [1.165, 1.54) is 17.5 Å². The Hall–Kier alpha value is -1.82. The van der Waals surface area contributed by atoms with Crippen molar-refractivity contribution in [3.63, 3.8) is 0 Å². The fourth-order valence-corrected chi connectivity index (χ4v) is 2.24. The Balaban J connectivity index is 1.93. The van der Waals surface area contributed by atoms with E-state index in [0.717, 1.165) is 18.1 Å². The monoisotopic (exact) mass is 289 g/mol. The Bertz CT molecular complexity index is 633. The molecular formula is C15H20FN5. The van der Waals surface area contributed by atoms with Gasteiger partial charge in [0.2, 0.25) is 0 Å². The molecule has 0 spiro atoms. The van der Waals surface area contributed by atoms with Crippen molar-refractivity contribution < 1.29 is 4.39 Å². The molecule has 2 aromatic heterocycles. The summed E-state index contributed by atoms with van der Waals surface area (Å²) in [6.45, 7) is 4.50. The Morgan fingerprint density at radius 3 is 2.81 bits per heavy atom. The molecule has 6 heteroatoms. The number of nitrogens with zero attached hydrogens (tertiary/aromatic N) is 4. The molecule has 0 saturated heterocycles. The Morgan fingerprint density at radius 2 is 2.14 bits per heavy atom. The van der Waals surface area contributed by atoms with Gasteiger partial charge in [-0.2, -0.15) is 4.68 Å². The van der Waals surface area contributed by atoms with Crippen LogP contribution in [0.4, 0.5) is 4.39 Å². The van der Waals surface area contributed by atoms with E-state index in [1.807, 2.05) is 13.8 Å². The molecule has 21 heavy (non-hydrogen) atoms. The summed E-state index contributed by atoms with van der Waals surface area (Å²) in [5, 5.41) is 7.69. The maximum atomic E-state index is 14.7. The third kappa shape index (κ3) is 2.95. The van der Waals surface area contributed by atoms with Crippen LogP contribution in [-0.2, 0) is 19.4 Å². The van der Waals surface area contributed by atoms with Crippen LogP contribution in [0.1, 0.15) is 43.9 Å². The fourth-order valence-electron chi connectivity index (χ4n) is 2.24. The van der Waals surface area contributed by atoms with Crippen LogP contribution < -0.4 is 5.32 Å². The first-order valence-corrected chi connectivity index (χ1v) is 7.54. The summed E-state index contributed by atoms with van der Waals surface area (Å²) in [5.41, 5.74) is 0.627. The number of nitrogens with one attached hydrogen (secondary N) is 1. The zero-order valence-corrected chi connectivity index (χ0v) is 12.4. The van der Waals surface area contributed by atoms with Gasteiger partial charge in [0.15, 0.2) is 17.5 Å². The highest BCUT2D eigenvalue weighted by molar-refractivity contribution is 5.31. The Labute approximate surface area is 123 Å². The van der Waals surface area contributed by atoms with Crippen LogP contribution in [0.25, 0.3) is 5.82 Å². The summed E-state index contributed by atoms with van der Waals surface area (Å²) in [4.78, 5) is 8.57. The van der Waals surface area contributed by atoms with Crippen LogP contribution >= 0.6 is 0 Å². The van der Waals surface area contributed by atoms with Crippen molar-refractivity contribution >= 4 is 0 Å². The Morgan fingerprint density at radius 1 is 1.33 bits per heavy atom. The summed E-state index contributed by atoms with van der Waals surface area (Å²) in [6, 6.07) is 2.27. The predicted octanol–water partition coefficient (Wildman–Crippen LogP) is 2.18. The van der Waals surface area contributed by atoms with Crippen LogP contribution in [-0.4, -0.2) is 25.8 Å². The van der Waals surface area contributed by atoms with Crippen molar-refractivity contribution in [2.75, 3.05) is 0 Å². The molecule has 0 radical (unpaired) electrons. The Kier molecular flexibility index (Phi) is 3.96. The van der Waals surface area contributed by atoms with Crippen molar-refractivity contribution in [2.24, 2.45) is 0 Å². The van der Waals surface area contributed by atoms with Crippen LogP contribution in [0.15, 0.2) is 12.3 Å². The van der Waals surface area contributed by atoms with Gasteiger partial charge in [0.1, 0.15) is 5.82 Å². The van der Waals surface area contributed by atoms with Crippen molar-refractivity contribution in [2.45, 2.75) is 52.1 Å². The first-order chi connectivity index (χ1) is 10.2. The average Bonchev–Trinajstić information content (AvgIpc) is 3.24. The van der Waals surface area contributed by atoms with Gasteiger partial charge in [-0.15, -0.1) is 5.10 Å². The summed E-state index contributed by atoms with van der Waals surface area (Å²) in [6.07, 6.45) is 5.42. The number of rotatable bonds is 6. The molecule has 0 amide bonds. The van der Waals surface area contributed by atoms with E-state index in [-0.39, 0.29) is 11.6 Å². The summed E-state index contributed by atoms with van der Waals surface area (Å²) >= 11 is 0. The molecule has 3 rings (SSSR count). The summed E-state index contributed by atoms with van der Waals surface area (Å²) in [7, 11) is 0. The van der Waals surface area contributed by atoms with Gasteiger partial charge in [-0.3, -0.25) is 0 Å². The molecule has 0 aromatic carbocycles. The molecule has 2 aromatic rings. The first-order valence-electron chi connectivity index (χ1n) is 7.54. The number of hydrogen-bond acceptors (Lipinski definition) is 4. The highest BCUT2D eigenvalue weighted by Gasteiger charge is 2.22. The molecule has 1 saturated carbocycles. The number of pyridine rings is 1. The molecule has 0 unspecified atom stereocenters. The topological polar surface area (TPSA) is 55.6 Å². The minimum atomic E-state index is -0.312. The lowest BCUT2D eigenvalue weighted by atomic mass is 10.2. The van der Waals surface area contributed by atoms with E-state index in [4.69, 9.17) is 0 Å². The number of aromatic nitrogens is 4. The molecule has 112 valence electrons. The molecule has 0 bridgehead atoms. The molecule has 5 nitrogen and oxygen atoms in total. The number of aryl methyl sites for hydroxylation is 2. The third-order valence-electron chi connectivity index (χ3n) is 3.66. The summed E-state index contributed by atoms with van der Waals surface area (Å²) in [5.74, 6) is 1.39. The van der Waals surface area contributed by atoms with Crippen LogP contribution in [0, 0.1) is 5.82 Å². The lowest BCUT2D eigenvalue weighted by molar-refractivity contribution is 0.562. The largest absolute Gasteiger partial charge is 0.310 e. The second-order valence-corrected chi connectivity index (χ2v) is 5.33. The minimum absolute atomic E-state index is 0.245. The van der Waals surface area contributed by atoms with E-state index < -0.39 is 0 Å².